The second-order valence-corrected chi connectivity index (χ2v) is 8.18. The van der Waals surface area contributed by atoms with Crippen molar-refractivity contribution in [3.63, 3.8) is 0 Å². The van der Waals surface area contributed by atoms with Crippen LogP contribution in [0.3, 0.4) is 0 Å². The van der Waals surface area contributed by atoms with Crippen molar-refractivity contribution in [1.29, 1.82) is 0 Å². The van der Waals surface area contributed by atoms with Crippen molar-refractivity contribution >= 4 is 37.5 Å². The number of hydrogen-bond acceptors (Lipinski definition) is 3. The maximum absolute atomic E-state index is 12.4. The zero-order valence-corrected chi connectivity index (χ0v) is 15.4. The Morgan fingerprint density at radius 2 is 1.78 bits per heavy atom. The summed E-state index contributed by atoms with van der Waals surface area (Å²) in [6.07, 6.45) is 0. The molecule has 1 amide bonds. The van der Waals surface area contributed by atoms with E-state index in [1.54, 1.807) is 31.2 Å². The highest BCUT2D eigenvalue weighted by Crippen LogP contribution is 2.23. The number of carbonyl (C=O) groups excluding carboxylic acids is 1. The molecule has 2 aromatic rings. The Balaban J connectivity index is 2.38. The zero-order valence-electron chi connectivity index (χ0n) is 13.0. The first-order valence-corrected chi connectivity index (χ1v) is 9.06. The summed E-state index contributed by atoms with van der Waals surface area (Å²) in [5, 5.41) is 2.76. The van der Waals surface area contributed by atoms with Gasteiger partial charge in [0.1, 0.15) is 0 Å². The van der Waals surface area contributed by atoms with Crippen molar-refractivity contribution < 1.29 is 13.2 Å². The molecule has 0 unspecified atom stereocenters. The van der Waals surface area contributed by atoms with Crippen LogP contribution in [0.5, 0.6) is 0 Å². The second-order valence-electron chi connectivity index (χ2n) is 5.20. The van der Waals surface area contributed by atoms with Crippen LogP contribution in [0.25, 0.3) is 0 Å². The number of amides is 1. The number of hydrogen-bond donors (Lipinski definition) is 1. The first-order valence-electron chi connectivity index (χ1n) is 6.82. The summed E-state index contributed by atoms with van der Waals surface area (Å²) in [6, 6.07) is 11.9. The van der Waals surface area contributed by atoms with Gasteiger partial charge in [-0.3, -0.25) is 4.79 Å². The van der Waals surface area contributed by atoms with Crippen molar-refractivity contribution in [2.45, 2.75) is 11.8 Å². The molecule has 0 radical (unpaired) electrons. The Morgan fingerprint density at radius 1 is 1.13 bits per heavy atom. The molecular formula is C16H17BrN2O3S. The number of nitrogens with zero attached hydrogens (tertiary/aromatic N) is 1. The summed E-state index contributed by atoms with van der Waals surface area (Å²) in [5.74, 6) is -0.368. The van der Waals surface area contributed by atoms with Crippen LogP contribution >= 0.6 is 15.9 Å². The predicted molar refractivity (Wildman–Crippen MR) is 94.1 cm³/mol. The fraction of sp³-hybridized carbons (Fsp3) is 0.188. The molecule has 7 heteroatoms. The van der Waals surface area contributed by atoms with Gasteiger partial charge in [0.25, 0.3) is 5.91 Å². The van der Waals surface area contributed by atoms with Crippen molar-refractivity contribution in [2.24, 2.45) is 0 Å². The van der Waals surface area contributed by atoms with Gasteiger partial charge in [0, 0.05) is 24.1 Å². The summed E-state index contributed by atoms with van der Waals surface area (Å²) in [5.41, 5.74) is 1.50. The average molecular weight is 397 g/mol. The van der Waals surface area contributed by atoms with Gasteiger partial charge >= 0.3 is 0 Å². The van der Waals surface area contributed by atoms with Gasteiger partial charge in [-0.2, -0.15) is 0 Å². The average Bonchev–Trinajstić information content (AvgIpc) is 2.49. The SMILES string of the molecule is Cc1ccc(C(=O)Nc2ccccc2Br)cc1S(=O)(=O)N(C)C. The third-order valence-corrected chi connectivity index (χ3v) is 5.98. The number of benzene rings is 2. The van der Waals surface area contributed by atoms with E-state index >= 15 is 0 Å². The number of nitrogens with one attached hydrogen (secondary N) is 1. The molecule has 0 spiro atoms. The first kappa shape index (κ1) is 17.7. The maximum atomic E-state index is 12.4. The molecule has 0 saturated carbocycles. The Labute approximate surface area is 144 Å². The van der Waals surface area contributed by atoms with Crippen LogP contribution < -0.4 is 5.32 Å². The highest BCUT2D eigenvalue weighted by atomic mass is 79.9. The number of rotatable bonds is 4. The number of aryl methyl sites for hydroxylation is 1. The van der Waals surface area contributed by atoms with Crippen LogP contribution in [0.15, 0.2) is 51.8 Å². The molecule has 0 aliphatic carbocycles. The van der Waals surface area contributed by atoms with E-state index in [1.165, 1.54) is 20.2 Å². The molecule has 2 aromatic carbocycles. The zero-order chi connectivity index (χ0) is 17.2. The summed E-state index contributed by atoms with van der Waals surface area (Å²) in [7, 11) is -0.679. The number of para-hydroxylation sites is 1. The monoisotopic (exact) mass is 396 g/mol. The van der Waals surface area contributed by atoms with Crippen molar-refractivity contribution in [1.82, 2.24) is 4.31 Å². The van der Waals surface area contributed by atoms with Crippen LogP contribution in [-0.2, 0) is 10.0 Å². The van der Waals surface area contributed by atoms with E-state index in [0.717, 1.165) is 8.78 Å². The lowest BCUT2D eigenvalue weighted by molar-refractivity contribution is 0.102. The molecule has 0 aromatic heterocycles. The third kappa shape index (κ3) is 3.80. The fourth-order valence-corrected chi connectivity index (χ4v) is 3.50. The predicted octanol–water partition coefficient (Wildman–Crippen LogP) is 3.26. The van der Waals surface area contributed by atoms with Crippen molar-refractivity contribution in [3.05, 3.63) is 58.1 Å². The number of halogens is 1. The molecule has 0 bridgehead atoms. The minimum absolute atomic E-state index is 0.127. The first-order chi connectivity index (χ1) is 10.7. The Kier molecular flexibility index (Phi) is 5.23. The Morgan fingerprint density at radius 3 is 2.39 bits per heavy atom. The third-order valence-electron chi connectivity index (χ3n) is 3.33. The largest absolute Gasteiger partial charge is 0.321 e. The highest BCUT2D eigenvalue weighted by Gasteiger charge is 2.21. The van der Waals surface area contributed by atoms with E-state index in [-0.39, 0.29) is 16.4 Å². The molecule has 0 aliphatic heterocycles. The van der Waals surface area contributed by atoms with Gasteiger partial charge in [0.2, 0.25) is 10.0 Å². The van der Waals surface area contributed by atoms with Crippen LogP contribution in [0.1, 0.15) is 15.9 Å². The van der Waals surface area contributed by atoms with Crippen LogP contribution in [0, 0.1) is 6.92 Å². The topological polar surface area (TPSA) is 66.5 Å². The van der Waals surface area contributed by atoms with Gasteiger partial charge < -0.3 is 5.32 Å². The van der Waals surface area contributed by atoms with Crippen molar-refractivity contribution in [2.75, 3.05) is 19.4 Å². The fourth-order valence-electron chi connectivity index (χ4n) is 1.97. The van der Waals surface area contributed by atoms with E-state index in [4.69, 9.17) is 0 Å². The molecular weight excluding hydrogens is 380 g/mol. The normalized spacial score (nSPS) is 11.5. The lowest BCUT2D eigenvalue weighted by Gasteiger charge is -2.15. The van der Waals surface area contributed by atoms with Crippen molar-refractivity contribution in [3.8, 4) is 0 Å². The minimum Gasteiger partial charge on any atom is -0.321 e. The lowest BCUT2D eigenvalue weighted by Crippen LogP contribution is -2.23. The summed E-state index contributed by atoms with van der Waals surface area (Å²) in [6.45, 7) is 1.70. The quantitative estimate of drug-likeness (QED) is 0.861. The van der Waals surface area contributed by atoms with E-state index in [9.17, 15) is 13.2 Å². The molecule has 0 fully saturated rings. The van der Waals surface area contributed by atoms with Gasteiger partial charge in [-0.25, -0.2) is 12.7 Å². The molecule has 122 valence electrons. The van der Waals surface area contributed by atoms with Gasteiger partial charge in [-0.15, -0.1) is 0 Å². The second kappa shape index (κ2) is 6.82. The summed E-state index contributed by atoms with van der Waals surface area (Å²) >= 11 is 3.36. The highest BCUT2D eigenvalue weighted by molar-refractivity contribution is 9.10. The molecule has 2 rings (SSSR count). The molecule has 23 heavy (non-hydrogen) atoms. The number of anilines is 1. The maximum Gasteiger partial charge on any atom is 0.255 e. The molecule has 0 aliphatic rings. The van der Waals surface area contributed by atoms with E-state index in [0.29, 0.717) is 11.3 Å². The standard InChI is InChI=1S/C16H17BrN2O3S/c1-11-8-9-12(10-15(11)23(21,22)19(2)3)16(20)18-14-7-5-4-6-13(14)17/h4-10H,1-3H3,(H,18,20). The van der Waals surface area contributed by atoms with Gasteiger partial charge in [-0.1, -0.05) is 18.2 Å². The molecule has 0 heterocycles. The van der Waals surface area contributed by atoms with Crippen LogP contribution in [-0.4, -0.2) is 32.7 Å². The smallest absolute Gasteiger partial charge is 0.255 e. The summed E-state index contributed by atoms with van der Waals surface area (Å²) < 4.78 is 26.5. The Hall–Kier alpha value is -1.70. The lowest BCUT2D eigenvalue weighted by atomic mass is 10.1. The number of sulfonamides is 1. The molecule has 0 atom stereocenters. The number of carbonyl (C=O) groups is 1. The van der Waals surface area contributed by atoms with Gasteiger partial charge in [0.05, 0.1) is 10.6 Å². The van der Waals surface area contributed by atoms with Crippen LogP contribution in [0.4, 0.5) is 5.69 Å². The molecule has 1 N–H and O–H groups in total. The van der Waals surface area contributed by atoms with E-state index in [1.807, 2.05) is 12.1 Å². The molecule has 5 nitrogen and oxygen atoms in total. The summed E-state index contributed by atoms with van der Waals surface area (Å²) in [4.78, 5) is 12.5. The Bertz CT molecular complexity index is 848. The van der Waals surface area contributed by atoms with E-state index in [2.05, 4.69) is 21.2 Å². The minimum atomic E-state index is -3.60. The van der Waals surface area contributed by atoms with E-state index < -0.39 is 10.0 Å². The van der Waals surface area contributed by atoms with Gasteiger partial charge in [-0.05, 0) is 52.7 Å². The molecule has 0 saturated heterocycles. The van der Waals surface area contributed by atoms with Gasteiger partial charge in [0.15, 0.2) is 0 Å². The van der Waals surface area contributed by atoms with Crippen LogP contribution in [0.2, 0.25) is 0 Å².